The van der Waals surface area contributed by atoms with E-state index in [-0.39, 0.29) is 11.9 Å². The Bertz CT molecular complexity index is 1450. The Morgan fingerprint density at radius 3 is 2.41 bits per heavy atom. The van der Waals surface area contributed by atoms with Gasteiger partial charge in [0.05, 0.1) is 34.8 Å². The fourth-order valence-electron chi connectivity index (χ4n) is 4.59. The van der Waals surface area contributed by atoms with E-state index in [2.05, 4.69) is 38.0 Å². The summed E-state index contributed by atoms with van der Waals surface area (Å²) in [5, 5.41) is 9.27. The maximum atomic E-state index is 13.0. The van der Waals surface area contributed by atoms with Crippen LogP contribution in [0.3, 0.4) is 0 Å². The number of carbonyl (C=O) groups excluding carboxylic acids is 2. The Kier molecular flexibility index (Phi) is 7.07. The van der Waals surface area contributed by atoms with Crippen LogP contribution in [0.5, 0.6) is 0 Å². The molecule has 3 N–H and O–H groups in total. The summed E-state index contributed by atoms with van der Waals surface area (Å²) in [6.45, 7) is 8.90. The van der Waals surface area contributed by atoms with Crippen LogP contribution in [0.2, 0.25) is 0 Å². The van der Waals surface area contributed by atoms with E-state index in [9.17, 15) is 9.59 Å². The number of para-hydroxylation sites is 2. The molecule has 0 saturated carbocycles. The number of hydrogen-bond acceptors (Lipinski definition) is 6. The van der Waals surface area contributed by atoms with Crippen LogP contribution in [0.1, 0.15) is 27.0 Å². The Morgan fingerprint density at radius 2 is 1.65 bits per heavy atom. The number of anilines is 4. The number of benzene rings is 3. The number of aryl methyl sites for hydroxylation is 3. The highest BCUT2D eigenvalue weighted by atomic mass is 32.1. The first-order valence-corrected chi connectivity index (χ1v) is 13.0. The average molecular weight is 516 g/mol. The second-order valence-electron chi connectivity index (χ2n) is 9.13. The first-order chi connectivity index (χ1) is 17.9. The van der Waals surface area contributed by atoms with Crippen molar-refractivity contribution >= 4 is 55.7 Å². The van der Waals surface area contributed by atoms with E-state index < -0.39 is 0 Å². The van der Waals surface area contributed by atoms with Gasteiger partial charge in [-0.1, -0.05) is 41.2 Å². The molecule has 1 aromatic heterocycles. The van der Waals surface area contributed by atoms with Gasteiger partial charge in [-0.05, 0) is 62.2 Å². The third kappa shape index (κ3) is 5.58. The van der Waals surface area contributed by atoms with Crippen molar-refractivity contribution in [2.75, 3.05) is 47.2 Å². The molecule has 8 nitrogen and oxygen atoms in total. The predicted octanol–water partition coefficient (Wildman–Crippen LogP) is 5.95. The molecule has 0 radical (unpaired) electrons. The summed E-state index contributed by atoms with van der Waals surface area (Å²) < 4.78 is 6.26. The van der Waals surface area contributed by atoms with Crippen LogP contribution >= 0.6 is 11.3 Å². The third-order valence-electron chi connectivity index (χ3n) is 6.29. The molecule has 0 unspecified atom stereocenters. The molecule has 1 fully saturated rings. The van der Waals surface area contributed by atoms with Gasteiger partial charge >= 0.3 is 6.03 Å². The van der Waals surface area contributed by atoms with Gasteiger partial charge in [0.2, 0.25) is 0 Å². The molecule has 2 heterocycles. The minimum atomic E-state index is -0.372. The maximum absolute atomic E-state index is 13.0. The number of amides is 3. The summed E-state index contributed by atoms with van der Waals surface area (Å²) in [7, 11) is 0. The number of morpholine rings is 1. The fraction of sp³-hybridized carbons (Fsp3) is 0.250. The Balaban J connectivity index is 1.28. The highest BCUT2D eigenvalue weighted by molar-refractivity contribution is 7.22. The lowest BCUT2D eigenvalue weighted by Crippen LogP contribution is -2.36. The zero-order valence-electron chi connectivity index (χ0n) is 21.1. The summed E-state index contributed by atoms with van der Waals surface area (Å²) in [6.07, 6.45) is 0. The average Bonchev–Trinajstić information content (AvgIpc) is 3.28. The van der Waals surface area contributed by atoms with Crippen LogP contribution in [0.25, 0.3) is 10.2 Å². The fourth-order valence-corrected chi connectivity index (χ4v) is 5.49. The van der Waals surface area contributed by atoms with Gasteiger partial charge in [0.15, 0.2) is 5.13 Å². The number of aromatic nitrogens is 1. The van der Waals surface area contributed by atoms with Crippen LogP contribution in [0, 0.1) is 20.8 Å². The summed E-state index contributed by atoms with van der Waals surface area (Å²) in [5.74, 6) is -0.183. The Hall–Kier alpha value is -3.95. The van der Waals surface area contributed by atoms with Crippen LogP contribution in [0.15, 0.2) is 54.6 Å². The number of rotatable bonds is 5. The molecule has 1 saturated heterocycles. The molecular weight excluding hydrogens is 486 g/mol. The van der Waals surface area contributed by atoms with Gasteiger partial charge in [-0.2, -0.15) is 0 Å². The minimum Gasteiger partial charge on any atom is -0.378 e. The number of ether oxygens (including phenoxy) is 1. The molecule has 0 spiro atoms. The molecule has 9 heteroatoms. The monoisotopic (exact) mass is 515 g/mol. The van der Waals surface area contributed by atoms with Crippen LogP contribution in [-0.2, 0) is 4.74 Å². The number of hydrogen-bond donors (Lipinski definition) is 3. The largest absolute Gasteiger partial charge is 0.378 e. The van der Waals surface area contributed by atoms with Gasteiger partial charge in [-0.25, -0.2) is 9.78 Å². The number of thiazole rings is 1. The molecule has 0 aliphatic carbocycles. The molecule has 5 rings (SSSR count). The Morgan fingerprint density at radius 1 is 0.919 bits per heavy atom. The minimum absolute atomic E-state index is 0.183. The molecule has 0 atom stereocenters. The number of urea groups is 1. The molecule has 3 aromatic carbocycles. The van der Waals surface area contributed by atoms with Crippen molar-refractivity contribution in [3.63, 3.8) is 0 Å². The molecular formula is C28H29N5O3S. The lowest BCUT2D eigenvalue weighted by Gasteiger charge is -2.30. The van der Waals surface area contributed by atoms with Crippen molar-refractivity contribution in [1.82, 2.24) is 4.98 Å². The molecule has 1 aliphatic rings. The molecule has 3 amide bonds. The summed E-state index contributed by atoms with van der Waals surface area (Å²) in [5.41, 5.74) is 6.97. The highest BCUT2D eigenvalue weighted by Gasteiger charge is 2.17. The van der Waals surface area contributed by atoms with E-state index in [0.29, 0.717) is 29.4 Å². The highest BCUT2D eigenvalue weighted by Crippen LogP contribution is 2.30. The van der Waals surface area contributed by atoms with E-state index in [4.69, 9.17) is 4.74 Å². The van der Waals surface area contributed by atoms with Gasteiger partial charge < -0.3 is 20.3 Å². The van der Waals surface area contributed by atoms with Crippen molar-refractivity contribution in [2.45, 2.75) is 20.8 Å². The van der Waals surface area contributed by atoms with Gasteiger partial charge in [-0.3, -0.25) is 10.1 Å². The zero-order chi connectivity index (χ0) is 25.9. The van der Waals surface area contributed by atoms with Crippen LogP contribution in [-0.4, -0.2) is 43.2 Å². The van der Waals surface area contributed by atoms with Gasteiger partial charge in [0, 0.05) is 24.3 Å². The standard InChI is InChI=1S/C28H29N5O3S/c1-17-14-18(2)25(19(3)15-17)31-26(34)20-8-9-22-24(16-20)37-28(30-22)32-27(35)29-21-6-4-5-7-23(21)33-10-12-36-13-11-33/h4-9,14-16H,10-13H2,1-3H3,(H,31,34)(H2,29,30,32,35). The van der Waals surface area contributed by atoms with Crippen molar-refractivity contribution in [2.24, 2.45) is 0 Å². The van der Waals surface area contributed by atoms with Gasteiger partial charge in [0.25, 0.3) is 5.91 Å². The van der Waals surface area contributed by atoms with Gasteiger partial charge in [0.1, 0.15) is 0 Å². The maximum Gasteiger partial charge on any atom is 0.325 e. The normalized spacial score (nSPS) is 13.4. The van der Waals surface area contributed by atoms with E-state index in [1.165, 1.54) is 11.3 Å². The SMILES string of the molecule is Cc1cc(C)c(NC(=O)c2ccc3nc(NC(=O)Nc4ccccc4N4CCOCC4)sc3c2)c(C)c1. The third-order valence-corrected chi connectivity index (χ3v) is 7.22. The summed E-state index contributed by atoms with van der Waals surface area (Å²) in [6, 6.07) is 16.8. The summed E-state index contributed by atoms with van der Waals surface area (Å²) in [4.78, 5) is 32.5. The van der Waals surface area contributed by atoms with Crippen molar-refractivity contribution < 1.29 is 14.3 Å². The number of nitrogens with zero attached hydrogens (tertiary/aromatic N) is 2. The van der Waals surface area contributed by atoms with Crippen LogP contribution in [0.4, 0.5) is 27.0 Å². The van der Waals surface area contributed by atoms with Crippen molar-refractivity contribution in [3.05, 3.63) is 76.9 Å². The topological polar surface area (TPSA) is 95.6 Å². The molecule has 0 bridgehead atoms. The zero-order valence-corrected chi connectivity index (χ0v) is 21.9. The first-order valence-electron chi connectivity index (χ1n) is 12.2. The molecule has 4 aromatic rings. The van der Waals surface area contributed by atoms with Crippen molar-refractivity contribution in [1.29, 1.82) is 0 Å². The number of nitrogens with one attached hydrogen (secondary N) is 3. The van der Waals surface area contributed by atoms with E-state index in [1.54, 1.807) is 18.2 Å². The molecule has 37 heavy (non-hydrogen) atoms. The Labute approximate surface area is 219 Å². The smallest absolute Gasteiger partial charge is 0.325 e. The molecule has 1 aliphatic heterocycles. The van der Waals surface area contributed by atoms with Gasteiger partial charge in [-0.15, -0.1) is 0 Å². The predicted molar refractivity (Wildman–Crippen MR) is 150 cm³/mol. The summed E-state index contributed by atoms with van der Waals surface area (Å²) >= 11 is 1.32. The van der Waals surface area contributed by atoms with E-state index in [0.717, 1.165) is 51.5 Å². The second-order valence-corrected chi connectivity index (χ2v) is 10.2. The lowest BCUT2D eigenvalue weighted by molar-refractivity contribution is 0.102. The van der Waals surface area contributed by atoms with E-state index >= 15 is 0 Å². The first kappa shape index (κ1) is 24.7. The number of fused-ring (bicyclic) bond motifs is 1. The second kappa shape index (κ2) is 10.6. The van der Waals surface area contributed by atoms with Crippen LogP contribution < -0.4 is 20.9 Å². The quantitative estimate of drug-likeness (QED) is 0.305. The van der Waals surface area contributed by atoms with E-state index in [1.807, 2.05) is 45.0 Å². The number of carbonyl (C=O) groups is 2. The molecule has 190 valence electrons. The van der Waals surface area contributed by atoms with Crippen molar-refractivity contribution in [3.8, 4) is 0 Å². The lowest BCUT2D eigenvalue weighted by atomic mass is 10.0.